The van der Waals surface area contributed by atoms with Gasteiger partial charge in [0, 0.05) is 13.0 Å². The Labute approximate surface area is 131 Å². The Morgan fingerprint density at radius 2 is 2.27 bits per heavy atom. The van der Waals surface area contributed by atoms with E-state index < -0.39 is 12.3 Å². The molecule has 0 bridgehead atoms. The molecule has 0 amide bonds. The van der Waals surface area contributed by atoms with Crippen molar-refractivity contribution in [2.24, 2.45) is 11.8 Å². The highest BCUT2D eigenvalue weighted by atomic mass is 16.7. The van der Waals surface area contributed by atoms with Crippen LogP contribution in [0.4, 0.5) is 0 Å². The van der Waals surface area contributed by atoms with Gasteiger partial charge >= 0.3 is 5.97 Å². The Balaban J connectivity index is 1.91. The van der Waals surface area contributed by atoms with E-state index in [9.17, 15) is 4.79 Å². The van der Waals surface area contributed by atoms with Gasteiger partial charge in [-0.25, -0.2) is 4.79 Å². The first-order valence-corrected chi connectivity index (χ1v) is 8.13. The second-order valence-corrected chi connectivity index (χ2v) is 5.86. The molecule has 0 radical (unpaired) electrons. The zero-order valence-corrected chi connectivity index (χ0v) is 13.0. The highest BCUT2D eigenvalue weighted by Crippen LogP contribution is 2.40. The highest BCUT2D eigenvalue weighted by molar-refractivity contribution is 5.86. The molecule has 1 fully saturated rings. The summed E-state index contributed by atoms with van der Waals surface area (Å²) in [5.74, 6) is 0.747. The quantitative estimate of drug-likeness (QED) is 0.403. The summed E-state index contributed by atoms with van der Waals surface area (Å²) in [6.45, 7) is 4.40. The highest BCUT2D eigenvalue weighted by Gasteiger charge is 2.35. The van der Waals surface area contributed by atoms with Crippen LogP contribution in [0.2, 0.25) is 0 Å². The lowest BCUT2D eigenvalue weighted by Crippen LogP contribution is -2.33. The molecule has 0 unspecified atom stereocenters. The number of hydrogen-bond donors (Lipinski definition) is 1. The van der Waals surface area contributed by atoms with Crippen LogP contribution in [-0.2, 0) is 19.0 Å². The molecule has 1 aliphatic carbocycles. The molecular formula is C17H26O5. The Morgan fingerprint density at radius 1 is 1.45 bits per heavy atom. The van der Waals surface area contributed by atoms with E-state index in [1.165, 1.54) is 25.3 Å². The number of aliphatic hydroxyl groups is 1. The number of carbonyl (C=O) groups is 1. The van der Waals surface area contributed by atoms with E-state index in [-0.39, 0.29) is 19.0 Å². The zero-order chi connectivity index (χ0) is 15.8. The molecule has 1 heterocycles. The third-order valence-corrected chi connectivity index (χ3v) is 4.23. The Kier molecular flexibility index (Phi) is 6.93. The van der Waals surface area contributed by atoms with Gasteiger partial charge in [-0.15, -0.1) is 0 Å². The normalized spacial score (nSPS) is 24.9. The molecule has 0 spiro atoms. The smallest absolute Gasteiger partial charge is 0.373 e. The maximum atomic E-state index is 12.0. The maximum Gasteiger partial charge on any atom is 0.373 e. The first-order chi connectivity index (χ1) is 10.7. The van der Waals surface area contributed by atoms with E-state index in [0.29, 0.717) is 24.9 Å². The molecule has 2 rings (SSSR count). The molecule has 0 saturated heterocycles. The number of ether oxygens (including phenoxy) is 3. The Morgan fingerprint density at radius 3 is 2.91 bits per heavy atom. The lowest BCUT2D eigenvalue weighted by molar-refractivity contribution is -0.165. The molecule has 0 aromatic heterocycles. The summed E-state index contributed by atoms with van der Waals surface area (Å²) in [6.07, 6.45) is 8.97. The molecule has 1 N–H and O–H groups in total. The van der Waals surface area contributed by atoms with Crippen LogP contribution in [0.15, 0.2) is 24.5 Å². The van der Waals surface area contributed by atoms with Crippen LogP contribution in [0.1, 0.15) is 38.5 Å². The fourth-order valence-corrected chi connectivity index (χ4v) is 2.76. The second-order valence-electron chi connectivity index (χ2n) is 5.86. The van der Waals surface area contributed by atoms with Gasteiger partial charge in [0.2, 0.25) is 12.0 Å². The monoisotopic (exact) mass is 310 g/mol. The molecule has 5 nitrogen and oxygen atoms in total. The van der Waals surface area contributed by atoms with Crippen molar-refractivity contribution in [3.8, 4) is 0 Å². The fraction of sp³-hybridized carbons (Fsp3) is 0.706. The predicted molar refractivity (Wildman–Crippen MR) is 81.8 cm³/mol. The number of allylic oxidation sites excluding steroid dienone is 1. The van der Waals surface area contributed by atoms with Gasteiger partial charge in [0.25, 0.3) is 0 Å². The van der Waals surface area contributed by atoms with Gasteiger partial charge in [-0.05, 0) is 43.6 Å². The van der Waals surface area contributed by atoms with Crippen LogP contribution < -0.4 is 0 Å². The number of esters is 1. The topological polar surface area (TPSA) is 65.0 Å². The van der Waals surface area contributed by atoms with E-state index >= 15 is 0 Å². The molecular weight excluding hydrogens is 284 g/mol. The van der Waals surface area contributed by atoms with Crippen molar-refractivity contribution < 1.29 is 24.1 Å². The molecule has 124 valence electrons. The largest absolute Gasteiger partial charge is 0.458 e. The Bertz CT molecular complexity index is 400. The summed E-state index contributed by atoms with van der Waals surface area (Å²) in [5, 5.41) is 8.79. The van der Waals surface area contributed by atoms with Gasteiger partial charge in [0.15, 0.2) is 0 Å². The third-order valence-electron chi connectivity index (χ3n) is 4.23. The molecule has 1 saturated carbocycles. The van der Waals surface area contributed by atoms with Gasteiger partial charge in [-0.2, -0.15) is 0 Å². The van der Waals surface area contributed by atoms with Gasteiger partial charge in [-0.3, -0.25) is 0 Å². The zero-order valence-electron chi connectivity index (χ0n) is 13.0. The van der Waals surface area contributed by atoms with Crippen molar-refractivity contribution in [3.63, 3.8) is 0 Å². The average Bonchev–Trinajstić information content (AvgIpc) is 2.47. The second kappa shape index (κ2) is 8.96. The van der Waals surface area contributed by atoms with Crippen molar-refractivity contribution in [2.45, 2.75) is 44.8 Å². The molecule has 5 heteroatoms. The van der Waals surface area contributed by atoms with Crippen molar-refractivity contribution in [3.05, 3.63) is 24.5 Å². The lowest BCUT2D eigenvalue weighted by Gasteiger charge is -2.37. The molecule has 2 aliphatic rings. The molecule has 1 aliphatic heterocycles. The van der Waals surface area contributed by atoms with Crippen LogP contribution >= 0.6 is 0 Å². The minimum Gasteiger partial charge on any atom is -0.458 e. The third kappa shape index (κ3) is 4.85. The maximum absolute atomic E-state index is 12.0. The SMILES string of the molecule is C=CCOC(=O)C1=C[C@H](C2CCC2)C[C@H](OCCCCO)O1. The summed E-state index contributed by atoms with van der Waals surface area (Å²) in [4.78, 5) is 12.0. The summed E-state index contributed by atoms with van der Waals surface area (Å²) >= 11 is 0. The summed E-state index contributed by atoms with van der Waals surface area (Å²) < 4.78 is 16.4. The van der Waals surface area contributed by atoms with Crippen LogP contribution in [0.25, 0.3) is 0 Å². The average molecular weight is 310 g/mol. The van der Waals surface area contributed by atoms with Gasteiger partial charge in [0.05, 0.1) is 6.61 Å². The van der Waals surface area contributed by atoms with Crippen molar-refractivity contribution in [2.75, 3.05) is 19.8 Å². The minimum absolute atomic E-state index is 0.165. The van der Waals surface area contributed by atoms with Crippen LogP contribution in [-0.4, -0.2) is 37.2 Å². The molecule has 2 atom stereocenters. The first kappa shape index (κ1) is 17.0. The van der Waals surface area contributed by atoms with Crippen molar-refractivity contribution in [1.29, 1.82) is 0 Å². The van der Waals surface area contributed by atoms with E-state index in [1.807, 2.05) is 6.08 Å². The minimum atomic E-state index is -0.451. The fourth-order valence-electron chi connectivity index (χ4n) is 2.76. The first-order valence-electron chi connectivity index (χ1n) is 8.13. The van der Waals surface area contributed by atoms with Crippen molar-refractivity contribution in [1.82, 2.24) is 0 Å². The van der Waals surface area contributed by atoms with E-state index in [2.05, 4.69) is 6.58 Å². The van der Waals surface area contributed by atoms with Crippen molar-refractivity contribution >= 4 is 5.97 Å². The number of carbonyl (C=O) groups excluding carboxylic acids is 1. The van der Waals surface area contributed by atoms with Crippen LogP contribution in [0.5, 0.6) is 0 Å². The Hall–Kier alpha value is -1.33. The number of unbranched alkanes of at least 4 members (excludes halogenated alkanes) is 1. The van der Waals surface area contributed by atoms with Gasteiger partial charge in [0.1, 0.15) is 6.61 Å². The lowest BCUT2D eigenvalue weighted by atomic mass is 9.73. The van der Waals surface area contributed by atoms with Gasteiger partial charge < -0.3 is 19.3 Å². The summed E-state index contributed by atoms with van der Waals surface area (Å²) in [6, 6.07) is 0. The van der Waals surface area contributed by atoms with E-state index in [4.69, 9.17) is 19.3 Å². The van der Waals surface area contributed by atoms with Crippen LogP contribution in [0.3, 0.4) is 0 Å². The summed E-state index contributed by atoms with van der Waals surface area (Å²) in [5.41, 5.74) is 0. The molecule has 0 aromatic carbocycles. The van der Waals surface area contributed by atoms with E-state index in [0.717, 1.165) is 12.8 Å². The number of aliphatic hydroxyl groups excluding tert-OH is 1. The molecule has 0 aromatic rings. The summed E-state index contributed by atoms with van der Waals surface area (Å²) in [7, 11) is 0. The van der Waals surface area contributed by atoms with Gasteiger partial charge in [-0.1, -0.05) is 19.1 Å². The number of rotatable bonds is 9. The standard InChI is InChI=1S/C17H26O5/c1-2-9-21-17(19)15-11-14(13-6-5-7-13)12-16(22-15)20-10-4-3-8-18/h2,11,13-14,16,18H,1,3-10,12H2/t14-,16+/m0/s1. The number of hydrogen-bond acceptors (Lipinski definition) is 5. The van der Waals surface area contributed by atoms with E-state index in [1.54, 1.807) is 0 Å². The predicted octanol–water partition coefficient (Wildman–Crippen LogP) is 2.55. The molecule has 22 heavy (non-hydrogen) atoms. The van der Waals surface area contributed by atoms with Crippen LogP contribution in [0, 0.1) is 11.8 Å².